The maximum absolute atomic E-state index is 11.2. The van der Waals surface area contributed by atoms with Crippen LogP contribution < -0.4 is 0 Å². The molecule has 0 radical (unpaired) electrons. The van der Waals surface area contributed by atoms with Gasteiger partial charge in [-0.3, -0.25) is 9.09 Å². The minimum Gasteiger partial charge on any atom is -0.269 e. The van der Waals surface area contributed by atoms with E-state index in [9.17, 15) is 4.39 Å². The summed E-state index contributed by atoms with van der Waals surface area (Å²) in [6.45, 7) is 1.92. The molecule has 0 aliphatic rings. The maximum Gasteiger partial charge on any atom is 0.0894 e. The van der Waals surface area contributed by atoms with E-state index < -0.39 is 0 Å². The highest BCUT2D eigenvalue weighted by Gasteiger charge is 1.78. The molecule has 0 amide bonds. The van der Waals surface area contributed by atoms with Gasteiger partial charge in [-0.25, -0.2) is 0 Å². The zero-order chi connectivity index (χ0) is 4.83. The molecule has 0 aliphatic heterocycles. The van der Waals surface area contributed by atoms with Crippen LogP contribution in [0.2, 0.25) is 0 Å². The molecular weight excluding hydrogens is 98.1 g/mol. The lowest BCUT2D eigenvalue weighted by Gasteiger charge is -1.84. The van der Waals surface area contributed by atoms with Gasteiger partial charge in [0.05, 0.1) is 6.67 Å². The number of hydrogen-bond acceptors (Lipinski definition) is 0. The lowest BCUT2D eigenvalue weighted by Crippen LogP contribution is -1.72. The second-order valence-electron chi connectivity index (χ2n) is 1.40. The third-order valence-electron chi connectivity index (χ3n) is 0.737. The van der Waals surface area contributed by atoms with E-state index in [4.69, 9.17) is 0 Å². The average Bonchev–Trinajstić information content (AvgIpc) is 1.61. The van der Waals surface area contributed by atoms with Crippen molar-refractivity contribution in [1.82, 2.24) is 0 Å². The van der Waals surface area contributed by atoms with Crippen molar-refractivity contribution in [3.05, 3.63) is 0 Å². The maximum atomic E-state index is 11.2. The Kier molecular flexibility index (Phi) is 13.2. The van der Waals surface area contributed by atoms with E-state index in [0.29, 0.717) is 0 Å². The Morgan fingerprint density at radius 2 is 1.86 bits per heavy atom. The summed E-state index contributed by atoms with van der Waals surface area (Å²) in [7, 11) is 0. The van der Waals surface area contributed by atoms with Crippen LogP contribution in [0, 0.1) is 0 Å². The fraction of sp³-hybridized carbons (Fsp3) is 1.00. The van der Waals surface area contributed by atoms with Gasteiger partial charge in [-0.1, -0.05) is 19.8 Å². The van der Waals surface area contributed by atoms with Gasteiger partial charge in [0.2, 0.25) is 0 Å². The summed E-state index contributed by atoms with van der Waals surface area (Å²) in [5.74, 6) is 0. The molecule has 0 spiro atoms. The fourth-order valence-electron chi connectivity index (χ4n) is 0.344. The van der Waals surface area contributed by atoms with E-state index in [0.717, 1.165) is 19.3 Å². The SMILES string of the molecule is CCCCCF.F. The third kappa shape index (κ3) is 10.7. The first-order chi connectivity index (χ1) is 2.91. The molecule has 0 fully saturated rings. The minimum atomic E-state index is -0.145. The summed E-state index contributed by atoms with van der Waals surface area (Å²) in [6.07, 6.45) is 2.90. The molecule has 46 valence electrons. The summed E-state index contributed by atoms with van der Waals surface area (Å²) in [5, 5.41) is 0. The van der Waals surface area contributed by atoms with Crippen molar-refractivity contribution in [3.63, 3.8) is 0 Å². The Bertz CT molecular complexity index is 18.0. The zero-order valence-electron chi connectivity index (χ0n) is 4.61. The Balaban J connectivity index is 0. The molecule has 0 rings (SSSR count). The van der Waals surface area contributed by atoms with E-state index in [1.54, 1.807) is 0 Å². The Morgan fingerprint density at radius 3 is 2.00 bits per heavy atom. The topological polar surface area (TPSA) is 0 Å². The first-order valence-corrected chi connectivity index (χ1v) is 2.47. The molecule has 0 heterocycles. The molecule has 0 aromatic rings. The Labute approximate surface area is 43.1 Å². The van der Waals surface area contributed by atoms with Crippen molar-refractivity contribution in [2.75, 3.05) is 6.67 Å². The highest BCUT2D eigenvalue weighted by Crippen LogP contribution is 1.91. The van der Waals surface area contributed by atoms with Crippen molar-refractivity contribution >= 4 is 0 Å². The van der Waals surface area contributed by atoms with Crippen LogP contribution in [0.3, 0.4) is 0 Å². The van der Waals surface area contributed by atoms with Crippen LogP contribution in [-0.2, 0) is 0 Å². The van der Waals surface area contributed by atoms with E-state index in [1.807, 2.05) is 0 Å². The largest absolute Gasteiger partial charge is 0.269 e. The van der Waals surface area contributed by atoms with Crippen molar-refractivity contribution in [2.24, 2.45) is 0 Å². The lowest BCUT2D eigenvalue weighted by atomic mass is 10.3. The summed E-state index contributed by atoms with van der Waals surface area (Å²) in [4.78, 5) is 0. The minimum absolute atomic E-state index is 0. The average molecular weight is 110 g/mol. The molecule has 0 saturated carbocycles. The van der Waals surface area contributed by atoms with E-state index in [-0.39, 0.29) is 11.4 Å². The van der Waals surface area contributed by atoms with Crippen LogP contribution in [0.5, 0.6) is 0 Å². The van der Waals surface area contributed by atoms with Gasteiger partial charge < -0.3 is 0 Å². The van der Waals surface area contributed by atoms with Crippen LogP contribution in [0.15, 0.2) is 0 Å². The quantitative estimate of drug-likeness (QED) is 0.489. The first-order valence-electron chi connectivity index (χ1n) is 2.47. The Morgan fingerprint density at radius 1 is 1.29 bits per heavy atom. The van der Waals surface area contributed by atoms with Crippen LogP contribution in [-0.4, -0.2) is 6.67 Å². The molecule has 0 aliphatic carbocycles. The first kappa shape index (κ1) is 9.97. The van der Waals surface area contributed by atoms with Gasteiger partial charge >= 0.3 is 0 Å². The molecule has 2 heteroatoms. The van der Waals surface area contributed by atoms with Gasteiger partial charge in [0.25, 0.3) is 0 Å². The molecule has 0 nitrogen and oxygen atoms in total. The number of halogens is 2. The standard InChI is InChI=1S/C5H11F.FH/c1-2-3-4-5-6;/h2-5H2,1H3;1H. The summed E-state index contributed by atoms with van der Waals surface area (Å²) >= 11 is 0. The zero-order valence-corrected chi connectivity index (χ0v) is 4.61. The molecule has 0 aromatic heterocycles. The molecule has 0 saturated heterocycles. The van der Waals surface area contributed by atoms with E-state index in [2.05, 4.69) is 6.92 Å². The normalized spacial score (nSPS) is 7.71. The van der Waals surface area contributed by atoms with Gasteiger partial charge in [-0.15, -0.1) is 0 Å². The molecular formula is C5H12F2. The van der Waals surface area contributed by atoms with Crippen molar-refractivity contribution in [1.29, 1.82) is 0 Å². The van der Waals surface area contributed by atoms with Crippen molar-refractivity contribution < 1.29 is 9.09 Å². The monoisotopic (exact) mass is 110 g/mol. The fourth-order valence-corrected chi connectivity index (χ4v) is 0.344. The smallest absolute Gasteiger partial charge is 0.0894 e. The second kappa shape index (κ2) is 9.29. The predicted molar refractivity (Wildman–Crippen MR) is 28.0 cm³/mol. The van der Waals surface area contributed by atoms with Gasteiger partial charge in [0, 0.05) is 0 Å². The Hall–Kier alpha value is -0.140. The number of rotatable bonds is 3. The van der Waals surface area contributed by atoms with Gasteiger partial charge in [0.1, 0.15) is 0 Å². The number of hydrogen-bond donors (Lipinski definition) is 0. The highest BCUT2D eigenvalue weighted by molar-refractivity contribution is 4.31. The summed E-state index contributed by atoms with van der Waals surface area (Å²) < 4.78 is 11.2. The van der Waals surface area contributed by atoms with E-state index >= 15 is 0 Å². The van der Waals surface area contributed by atoms with Crippen LogP contribution in [0.25, 0.3) is 0 Å². The van der Waals surface area contributed by atoms with Crippen LogP contribution >= 0.6 is 0 Å². The molecule has 0 aromatic carbocycles. The third-order valence-corrected chi connectivity index (χ3v) is 0.737. The van der Waals surface area contributed by atoms with Crippen molar-refractivity contribution in [2.45, 2.75) is 26.2 Å². The lowest BCUT2D eigenvalue weighted by molar-refractivity contribution is 0.460. The molecule has 7 heavy (non-hydrogen) atoms. The second-order valence-corrected chi connectivity index (χ2v) is 1.40. The summed E-state index contributed by atoms with van der Waals surface area (Å²) in [5.41, 5.74) is 0. The van der Waals surface area contributed by atoms with Gasteiger partial charge in [0.15, 0.2) is 0 Å². The molecule has 0 atom stereocenters. The van der Waals surface area contributed by atoms with Gasteiger partial charge in [-0.2, -0.15) is 0 Å². The van der Waals surface area contributed by atoms with Crippen LogP contribution in [0.1, 0.15) is 26.2 Å². The van der Waals surface area contributed by atoms with Crippen LogP contribution in [0.4, 0.5) is 9.09 Å². The number of alkyl halides is 1. The predicted octanol–water partition coefficient (Wildman–Crippen LogP) is 2.30. The molecule has 0 N–H and O–H groups in total. The highest BCUT2D eigenvalue weighted by atomic mass is 19.1. The molecule has 0 bridgehead atoms. The number of unbranched alkanes of at least 4 members (excludes halogenated alkanes) is 2. The molecule has 0 unspecified atom stereocenters. The van der Waals surface area contributed by atoms with Crippen molar-refractivity contribution in [3.8, 4) is 0 Å². The summed E-state index contributed by atoms with van der Waals surface area (Å²) in [6, 6.07) is 0. The van der Waals surface area contributed by atoms with Gasteiger partial charge in [-0.05, 0) is 6.42 Å². The van der Waals surface area contributed by atoms with E-state index in [1.165, 1.54) is 0 Å².